The monoisotopic (exact) mass is 394 g/mol. The van der Waals surface area contributed by atoms with Crippen molar-refractivity contribution in [1.82, 2.24) is 14.8 Å². The van der Waals surface area contributed by atoms with Crippen LogP contribution in [-0.2, 0) is 9.53 Å². The third-order valence-electron chi connectivity index (χ3n) is 4.48. The van der Waals surface area contributed by atoms with E-state index in [1.807, 2.05) is 38.1 Å². The molecule has 0 bridgehead atoms. The Morgan fingerprint density at radius 3 is 2.45 bits per heavy atom. The summed E-state index contributed by atoms with van der Waals surface area (Å²) >= 11 is 0. The summed E-state index contributed by atoms with van der Waals surface area (Å²) in [6, 6.07) is 9.27. The first kappa shape index (κ1) is 20.1. The zero-order valence-electron chi connectivity index (χ0n) is 16.7. The van der Waals surface area contributed by atoms with Crippen molar-refractivity contribution in [2.75, 3.05) is 11.9 Å². The fraction of sp³-hybridized carbons (Fsp3) is 0.238. The molecule has 0 saturated heterocycles. The summed E-state index contributed by atoms with van der Waals surface area (Å²) in [4.78, 5) is 38.2. The van der Waals surface area contributed by atoms with E-state index in [4.69, 9.17) is 4.74 Å². The molecule has 0 aliphatic carbocycles. The van der Waals surface area contributed by atoms with Crippen LogP contribution in [0.2, 0.25) is 0 Å². The van der Waals surface area contributed by atoms with Gasteiger partial charge in [0.25, 0.3) is 5.91 Å². The number of hydrogen-bond acceptors (Lipinski definition) is 5. The number of H-pyrrole nitrogens is 1. The normalized spacial score (nSPS) is 10.6. The summed E-state index contributed by atoms with van der Waals surface area (Å²) in [6.45, 7) is 6.59. The van der Waals surface area contributed by atoms with Crippen LogP contribution in [0.15, 0.2) is 36.5 Å². The number of carbonyl (C=O) groups is 3. The zero-order chi connectivity index (χ0) is 21.1. The molecule has 1 amide bonds. The molecule has 8 heteroatoms. The average molecular weight is 394 g/mol. The predicted octanol–water partition coefficient (Wildman–Crippen LogP) is 3.12. The van der Waals surface area contributed by atoms with Crippen molar-refractivity contribution in [2.24, 2.45) is 0 Å². The number of aryl methyl sites for hydroxylation is 2. The van der Waals surface area contributed by atoms with Gasteiger partial charge in [-0.25, -0.2) is 9.48 Å². The molecular weight excluding hydrogens is 372 g/mol. The number of ketones is 1. The number of aromatic amines is 1. The Morgan fingerprint density at radius 1 is 1.14 bits per heavy atom. The van der Waals surface area contributed by atoms with Crippen LogP contribution >= 0.6 is 0 Å². The fourth-order valence-corrected chi connectivity index (χ4v) is 2.86. The van der Waals surface area contributed by atoms with Gasteiger partial charge in [0, 0.05) is 11.8 Å². The van der Waals surface area contributed by atoms with Crippen LogP contribution in [-0.4, -0.2) is 39.0 Å². The van der Waals surface area contributed by atoms with Gasteiger partial charge in [0.05, 0.1) is 22.8 Å². The summed E-state index contributed by atoms with van der Waals surface area (Å²) in [5.41, 5.74) is 4.50. The van der Waals surface area contributed by atoms with E-state index in [-0.39, 0.29) is 11.5 Å². The van der Waals surface area contributed by atoms with Gasteiger partial charge in [0.2, 0.25) is 0 Å². The number of amides is 1. The highest BCUT2D eigenvalue weighted by Crippen LogP contribution is 2.23. The topological polar surface area (TPSA) is 106 Å². The van der Waals surface area contributed by atoms with E-state index < -0.39 is 18.5 Å². The minimum Gasteiger partial charge on any atom is -0.451 e. The quantitative estimate of drug-likeness (QED) is 0.494. The Balaban J connectivity index is 1.65. The second-order valence-electron chi connectivity index (χ2n) is 6.78. The molecule has 0 aliphatic heterocycles. The smallest absolute Gasteiger partial charge is 0.355 e. The van der Waals surface area contributed by atoms with Crippen molar-refractivity contribution in [3.05, 3.63) is 64.7 Å². The van der Waals surface area contributed by atoms with E-state index in [9.17, 15) is 14.4 Å². The van der Waals surface area contributed by atoms with Crippen LogP contribution in [0, 0.1) is 20.8 Å². The number of hydrogen-bond donors (Lipinski definition) is 2. The van der Waals surface area contributed by atoms with Crippen LogP contribution in [0.3, 0.4) is 0 Å². The van der Waals surface area contributed by atoms with Crippen molar-refractivity contribution >= 4 is 23.3 Å². The van der Waals surface area contributed by atoms with Gasteiger partial charge in [-0.05, 0) is 45.9 Å². The molecule has 0 aliphatic rings. The predicted molar refractivity (Wildman–Crippen MR) is 107 cm³/mol. The Kier molecular flexibility index (Phi) is 5.63. The number of Topliss-reactive ketones (excluding diaryl/α,β-unsaturated/α-hetero) is 1. The van der Waals surface area contributed by atoms with Crippen LogP contribution in [0.25, 0.3) is 5.69 Å². The molecule has 150 valence electrons. The number of rotatable bonds is 6. The molecule has 0 saturated carbocycles. The Hall–Kier alpha value is -3.68. The third kappa shape index (κ3) is 4.43. The molecule has 1 aromatic carbocycles. The largest absolute Gasteiger partial charge is 0.451 e. The van der Waals surface area contributed by atoms with Crippen LogP contribution in [0.1, 0.15) is 44.7 Å². The standard InChI is InChI=1S/C21H22N4O4/c1-12-5-7-17(8-6-12)25-14(3)20(13(2)24-25)23-19(27)11-29-21(28)18-9-16(10-22-18)15(4)26/h5-10,22H,11H2,1-4H3,(H,23,27). The highest BCUT2D eigenvalue weighted by Gasteiger charge is 2.17. The third-order valence-corrected chi connectivity index (χ3v) is 4.48. The number of carbonyl (C=O) groups excluding carboxylic acids is 3. The molecule has 0 spiro atoms. The van der Waals surface area contributed by atoms with Crippen molar-refractivity contribution in [1.29, 1.82) is 0 Å². The summed E-state index contributed by atoms with van der Waals surface area (Å²) in [5, 5.41) is 7.23. The minimum atomic E-state index is -0.712. The molecule has 0 radical (unpaired) electrons. The molecule has 3 aromatic rings. The number of anilines is 1. The molecule has 2 aromatic heterocycles. The lowest BCUT2D eigenvalue weighted by atomic mass is 10.2. The first-order chi connectivity index (χ1) is 13.8. The number of nitrogens with one attached hydrogen (secondary N) is 2. The van der Waals surface area contributed by atoms with Gasteiger partial charge in [-0.15, -0.1) is 0 Å². The van der Waals surface area contributed by atoms with Crippen LogP contribution in [0.5, 0.6) is 0 Å². The average Bonchev–Trinajstić information content (AvgIpc) is 3.28. The molecule has 0 atom stereocenters. The van der Waals surface area contributed by atoms with E-state index in [1.54, 1.807) is 11.6 Å². The zero-order valence-corrected chi connectivity index (χ0v) is 16.7. The molecule has 2 N–H and O–H groups in total. The van der Waals surface area contributed by atoms with Gasteiger partial charge in [0.1, 0.15) is 5.69 Å². The summed E-state index contributed by atoms with van der Waals surface area (Å²) < 4.78 is 6.77. The Morgan fingerprint density at radius 2 is 1.83 bits per heavy atom. The van der Waals surface area contributed by atoms with Gasteiger partial charge in [-0.2, -0.15) is 5.10 Å². The van der Waals surface area contributed by atoms with Gasteiger partial charge in [0.15, 0.2) is 12.4 Å². The molecule has 8 nitrogen and oxygen atoms in total. The summed E-state index contributed by atoms with van der Waals surface area (Å²) in [5.74, 6) is -1.36. The van der Waals surface area contributed by atoms with E-state index in [0.717, 1.165) is 16.9 Å². The van der Waals surface area contributed by atoms with E-state index >= 15 is 0 Å². The number of ether oxygens (including phenoxy) is 1. The number of benzene rings is 1. The van der Waals surface area contributed by atoms with Gasteiger partial charge < -0.3 is 15.0 Å². The highest BCUT2D eigenvalue weighted by molar-refractivity contribution is 5.98. The van der Waals surface area contributed by atoms with Crippen molar-refractivity contribution in [3.8, 4) is 5.69 Å². The molecule has 0 fully saturated rings. The Bertz CT molecular complexity index is 1080. The molecule has 0 unspecified atom stereocenters. The van der Waals surface area contributed by atoms with Crippen molar-refractivity contribution < 1.29 is 19.1 Å². The van der Waals surface area contributed by atoms with Gasteiger partial charge in [-0.3, -0.25) is 9.59 Å². The van der Waals surface area contributed by atoms with Crippen LogP contribution in [0.4, 0.5) is 5.69 Å². The molecule has 29 heavy (non-hydrogen) atoms. The second-order valence-corrected chi connectivity index (χ2v) is 6.78. The van der Waals surface area contributed by atoms with E-state index in [2.05, 4.69) is 15.4 Å². The summed E-state index contributed by atoms with van der Waals surface area (Å²) in [7, 11) is 0. The van der Waals surface area contributed by atoms with E-state index in [0.29, 0.717) is 16.9 Å². The van der Waals surface area contributed by atoms with E-state index in [1.165, 1.54) is 19.2 Å². The molecule has 2 heterocycles. The maximum Gasteiger partial charge on any atom is 0.355 e. The lowest BCUT2D eigenvalue weighted by molar-refractivity contribution is -0.119. The maximum absolute atomic E-state index is 12.3. The fourth-order valence-electron chi connectivity index (χ4n) is 2.86. The maximum atomic E-state index is 12.3. The van der Waals surface area contributed by atoms with Gasteiger partial charge >= 0.3 is 5.97 Å². The number of aromatic nitrogens is 3. The first-order valence-corrected chi connectivity index (χ1v) is 9.06. The Labute approximate surface area is 167 Å². The van der Waals surface area contributed by atoms with Crippen molar-refractivity contribution in [3.63, 3.8) is 0 Å². The lowest BCUT2D eigenvalue weighted by Gasteiger charge is -2.08. The number of nitrogens with zero attached hydrogens (tertiary/aromatic N) is 2. The SMILES string of the molecule is CC(=O)c1c[nH]c(C(=O)OCC(=O)Nc2c(C)nn(-c3ccc(C)cc3)c2C)c1. The van der Waals surface area contributed by atoms with Gasteiger partial charge in [-0.1, -0.05) is 17.7 Å². The number of esters is 1. The minimum absolute atomic E-state index is 0.113. The lowest BCUT2D eigenvalue weighted by Crippen LogP contribution is -2.21. The van der Waals surface area contributed by atoms with Crippen molar-refractivity contribution in [2.45, 2.75) is 27.7 Å². The molecular formula is C21H22N4O4. The second kappa shape index (κ2) is 8.14. The molecule has 3 rings (SSSR count). The van der Waals surface area contributed by atoms with Crippen LogP contribution < -0.4 is 5.32 Å². The first-order valence-electron chi connectivity index (χ1n) is 9.06. The summed E-state index contributed by atoms with van der Waals surface area (Å²) in [6.07, 6.45) is 1.42. The highest BCUT2D eigenvalue weighted by atomic mass is 16.5.